The Morgan fingerprint density at radius 1 is 0.750 bits per heavy atom. The van der Waals surface area contributed by atoms with Crippen LogP contribution in [0.2, 0.25) is 0 Å². The molecule has 0 N–H and O–H groups in total. The van der Waals surface area contributed by atoms with Gasteiger partial charge in [-0.05, 0) is 37.7 Å². The van der Waals surface area contributed by atoms with Gasteiger partial charge in [0.15, 0.2) is 0 Å². The molecule has 0 amide bonds. The first-order chi connectivity index (χ1) is 15.8. The average Bonchev–Trinajstić information content (AvgIpc) is 3.42. The Morgan fingerprint density at radius 2 is 1.38 bits per heavy atom. The maximum Gasteiger partial charge on any atom is 0.115 e. The highest BCUT2D eigenvalue weighted by atomic mass is 15.1. The number of aromatic nitrogens is 2. The minimum atomic E-state index is 0.401. The Labute approximate surface area is 186 Å². The summed E-state index contributed by atoms with van der Waals surface area (Å²) in [7, 11) is 0. The van der Waals surface area contributed by atoms with Gasteiger partial charge in [-0.1, -0.05) is 54.6 Å². The van der Waals surface area contributed by atoms with E-state index in [1.54, 1.807) is 0 Å². The van der Waals surface area contributed by atoms with E-state index in [9.17, 15) is 0 Å². The van der Waals surface area contributed by atoms with E-state index in [2.05, 4.69) is 88.7 Å². The second kappa shape index (κ2) is 8.47. The molecule has 0 unspecified atom stereocenters. The first-order valence-corrected chi connectivity index (χ1v) is 10.5. The Morgan fingerprint density at radius 3 is 2.00 bits per heavy atom. The van der Waals surface area contributed by atoms with Crippen LogP contribution in [0.15, 0.2) is 106 Å². The van der Waals surface area contributed by atoms with Gasteiger partial charge in [0.2, 0.25) is 0 Å². The van der Waals surface area contributed by atoms with Crippen molar-refractivity contribution < 1.29 is 0 Å². The predicted octanol–water partition coefficient (Wildman–Crippen LogP) is 6.06. The predicted molar refractivity (Wildman–Crippen MR) is 135 cm³/mol. The second-order valence-corrected chi connectivity index (χ2v) is 7.55. The van der Waals surface area contributed by atoms with Crippen molar-refractivity contribution in [1.29, 1.82) is 0 Å². The Bertz CT molecular complexity index is 1400. The fraction of sp³-hybridized carbons (Fsp3) is 0.0741. The van der Waals surface area contributed by atoms with Crippen molar-refractivity contribution >= 4 is 46.6 Å². The molecule has 156 valence electrons. The Balaban J connectivity index is 1.60. The van der Waals surface area contributed by atoms with Crippen LogP contribution >= 0.6 is 0 Å². The van der Waals surface area contributed by atoms with Crippen molar-refractivity contribution in [2.45, 2.75) is 6.67 Å². The van der Waals surface area contributed by atoms with Crippen LogP contribution in [-0.4, -0.2) is 34.8 Å². The maximum atomic E-state index is 4.99. The molecule has 5 heteroatoms. The van der Waals surface area contributed by atoms with Crippen molar-refractivity contribution in [2.24, 2.45) is 15.0 Å². The summed E-state index contributed by atoms with van der Waals surface area (Å²) in [5.74, 6) is 0. The number of fused-ring (bicyclic) bond motifs is 3. The molecule has 0 aliphatic heterocycles. The van der Waals surface area contributed by atoms with Crippen LogP contribution in [0.3, 0.4) is 0 Å². The summed E-state index contributed by atoms with van der Waals surface area (Å²) < 4.78 is 4.28. The van der Waals surface area contributed by atoms with Gasteiger partial charge in [-0.15, -0.1) is 0 Å². The van der Waals surface area contributed by atoms with E-state index in [1.807, 2.05) is 35.2 Å². The number of rotatable bonds is 7. The number of nitrogens with zero attached hydrogens (tertiary/aromatic N) is 5. The Kier molecular flexibility index (Phi) is 5.22. The van der Waals surface area contributed by atoms with Gasteiger partial charge in [-0.2, -0.15) is 0 Å². The van der Waals surface area contributed by atoms with Gasteiger partial charge in [0.25, 0.3) is 0 Å². The highest BCUT2D eigenvalue weighted by Crippen LogP contribution is 2.29. The van der Waals surface area contributed by atoms with Gasteiger partial charge in [-0.25, -0.2) is 0 Å². The molecule has 0 bridgehead atoms. The lowest BCUT2D eigenvalue weighted by Crippen LogP contribution is -2.07. The highest BCUT2D eigenvalue weighted by Gasteiger charge is 2.14. The van der Waals surface area contributed by atoms with Crippen molar-refractivity contribution in [3.05, 3.63) is 96.8 Å². The fourth-order valence-electron chi connectivity index (χ4n) is 4.18. The molecule has 32 heavy (non-hydrogen) atoms. The molecule has 2 aromatic heterocycles. The molecule has 0 saturated heterocycles. The summed E-state index contributed by atoms with van der Waals surface area (Å²) in [5, 5.41) is 2.45. The molecule has 0 saturated carbocycles. The van der Waals surface area contributed by atoms with Gasteiger partial charge in [0.05, 0.1) is 29.0 Å². The number of hydrogen-bond acceptors (Lipinski definition) is 3. The van der Waals surface area contributed by atoms with Crippen LogP contribution in [0.5, 0.6) is 0 Å². The lowest BCUT2D eigenvalue weighted by molar-refractivity contribution is 0.790. The van der Waals surface area contributed by atoms with E-state index in [0.29, 0.717) is 13.2 Å². The summed E-state index contributed by atoms with van der Waals surface area (Å²) in [6.45, 7) is 8.34. The van der Waals surface area contributed by atoms with E-state index in [1.165, 1.54) is 10.8 Å². The van der Waals surface area contributed by atoms with Crippen molar-refractivity contribution in [3.8, 4) is 5.69 Å². The van der Waals surface area contributed by atoms with Crippen LogP contribution < -0.4 is 0 Å². The molecule has 2 heterocycles. The minimum Gasteiger partial charge on any atom is -0.321 e. The van der Waals surface area contributed by atoms with Crippen LogP contribution in [0, 0.1) is 0 Å². The molecule has 5 rings (SSSR count). The molecule has 0 atom stereocenters. The fourth-order valence-corrected chi connectivity index (χ4v) is 4.18. The lowest BCUT2D eigenvalue weighted by Gasteiger charge is -2.07. The molecular formula is C27H23N5. The largest absolute Gasteiger partial charge is 0.321 e. The van der Waals surface area contributed by atoms with Crippen molar-refractivity contribution in [2.75, 3.05) is 6.54 Å². The molecule has 3 aromatic carbocycles. The van der Waals surface area contributed by atoms with Crippen LogP contribution in [0.25, 0.3) is 27.5 Å². The molecule has 0 aliphatic carbocycles. The third-order valence-corrected chi connectivity index (χ3v) is 5.69. The average molecular weight is 418 g/mol. The number of hydrogen-bond donors (Lipinski definition) is 0. The van der Waals surface area contributed by atoms with Gasteiger partial charge in [0.1, 0.15) is 6.67 Å². The third-order valence-electron chi connectivity index (χ3n) is 5.69. The van der Waals surface area contributed by atoms with Crippen molar-refractivity contribution in [3.63, 3.8) is 0 Å². The van der Waals surface area contributed by atoms with Gasteiger partial charge >= 0.3 is 0 Å². The van der Waals surface area contributed by atoms with Crippen LogP contribution in [0.4, 0.5) is 5.69 Å². The molecule has 0 radical (unpaired) electrons. The van der Waals surface area contributed by atoms with Crippen LogP contribution in [-0.2, 0) is 6.67 Å². The zero-order valence-electron chi connectivity index (χ0n) is 17.7. The molecule has 5 aromatic rings. The molecule has 0 fully saturated rings. The summed E-state index contributed by atoms with van der Waals surface area (Å²) in [6.07, 6.45) is 4.01. The maximum absolute atomic E-state index is 4.99. The second-order valence-electron chi connectivity index (χ2n) is 7.55. The topological polar surface area (TPSA) is 46.9 Å². The summed E-state index contributed by atoms with van der Waals surface area (Å²) >= 11 is 0. The standard InChI is InChI=1S/C27H23N5/c1-28-16-24(23-17-31(18-25(23)29-2)20-10-4-3-5-11-20)30-19-32-26-14-8-6-12-21(26)22-13-7-9-15-27(22)32/h3-15,17-18H,1-2,16,19H2/b30-24-. The summed E-state index contributed by atoms with van der Waals surface area (Å²) in [4.78, 5) is 13.4. The van der Waals surface area contributed by atoms with Crippen LogP contribution in [0.1, 0.15) is 5.56 Å². The van der Waals surface area contributed by atoms with Gasteiger partial charge in [-0.3, -0.25) is 15.0 Å². The number of benzene rings is 3. The zero-order valence-corrected chi connectivity index (χ0v) is 17.7. The first kappa shape index (κ1) is 19.7. The smallest absolute Gasteiger partial charge is 0.115 e. The molecule has 5 nitrogen and oxygen atoms in total. The van der Waals surface area contributed by atoms with Gasteiger partial charge in [0, 0.05) is 34.4 Å². The molecule has 0 aliphatic rings. The van der Waals surface area contributed by atoms with Gasteiger partial charge < -0.3 is 9.13 Å². The number of para-hydroxylation sites is 3. The Hall–Kier alpha value is -4.25. The molecule has 0 spiro atoms. The van der Waals surface area contributed by atoms with E-state index in [0.717, 1.165) is 33.7 Å². The molecular weight excluding hydrogens is 394 g/mol. The summed E-state index contributed by atoms with van der Waals surface area (Å²) in [5.41, 5.74) is 5.89. The highest BCUT2D eigenvalue weighted by molar-refractivity contribution is 6.08. The third kappa shape index (κ3) is 3.44. The lowest BCUT2D eigenvalue weighted by atomic mass is 10.2. The zero-order chi connectivity index (χ0) is 21.9. The summed E-state index contributed by atoms with van der Waals surface area (Å²) in [6, 6.07) is 27.0. The van der Waals surface area contributed by atoms with E-state index in [4.69, 9.17) is 4.99 Å². The minimum absolute atomic E-state index is 0.401. The normalized spacial score (nSPS) is 11.8. The first-order valence-electron chi connectivity index (χ1n) is 10.5. The number of aliphatic imine (C=N–C) groups is 3. The SMILES string of the molecule is C=NC/C(=N/Cn1c2ccccc2c2ccccc21)c1cn(-c2ccccc2)cc1N=C. The van der Waals surface area contributed by atoms with E-state index >= 15 is 0 Å². The monoisotopic (exact) mass is 417 g/mol. The van der Waals surface area contributed by atoms with E-state index in [-0.39, 0.29) is 0 Å². The quantitative estimate of drug-likeness (QED) is 0.289. The van der Waals surface area contributed by atoms with Crippen molar-refractivity contribution in [1.82, 2.24) is 9.13 Å². The van der Waals surface area contributed by atoms with E-state index < -0.39 is 0 Å².